The quantitative estimate of drug-likeness (QED) is 0.931. The van der Waals surface area contributed by atoms with E-state index in [1.807, 2.05) is 36.7 Å². The second-order valence-electron chi connectivity index (χ2n) is 5.51. The Bertz CT molecular complexity index is 641. The third-order valence-corrected chi connectivity index (χ3v) is 3.60. The van der Waals surface area contributed by atoms with E-state index in [2.05, 4.69) is 19.2 Å². The average molecular weight is 274 g/mol. The molecule has 1 aromatic heterocycles. The molecular formula is C16H22N2O2. The maximum Gasteiger partial charge on any atom is 0.253 e. The van der Waals surface area contributed by atoms with E-state index >= 15 is 0 Å². The van der Waals surface area contributed by atoms with Crippen molar-refractivity contribution in [2.24, 2.45) is 13.0 Å². The molecule has 0 saturated carbocycles. The standard InChI is InChI=1S/C16H22N2O2/c1-10(2)9-17-16(19)15-11(3)18(4)14-8-12(20-5)6-7-13(14)15/h6-8,10H,9H2,1-5H3,(H,17,19). The second kappa shape index (κ2) is 5.57. The minimum absolute atomic E-state index is 0.00744. The summed E-state index contributed by atoms with van der Waals surface area (Å²) in [7, 11) is 3.61. The van der Waals surface area contributed by atoms with Crippen LogP contribution in [0.15, 0.2) is 18.2 Å². The molecule has 0 spiro atoms. The van der Waals surface area contributed by atoms with Crippen LogP contribution in [-0.2, 0) is 7.05 Å². The Kier molecular flexibility index (Phi) is 4.02. The maximum absolute atomic E-state index is 12.4. The van der Waals surface area contributed by atoms with Gasteiger partial charge in [0.2, 0.25) is 0 Å². The normalized spacial score (nSPS) is 11.1. The van der Waals surface area contributed by atoms with E-state index in [0.29, 0.717) is 12.5 Å². The van der Waals surface area contributed by atoms with Crippen LogP contribution in [-0.4, -0.2) is 24.1 Å². The van der Waals surface area contributed by atoms with Crippen molar-refractivity contribution in [2.45, 2.75) is 20.8 Å². The molecule has 20 heavy (non-hydrogen) atoms. The Morgan fingerprint density at radius 2 is 2.10 bits per heavy atom. The Morgan fingerprint density at radius 1 is 1.40 bits per heavy atom. The minimum Gasteiger partial charge on any atom is -0.497 e. The zero-order valence-corrected chi connectivity index (χ0v) is 12.8. The van der Waals surface area contributed by atoms with Gasteiger partial charge in [-0.2, -0.15) is 0 Å². The summed E-state index contributed by atoms with van der Waals surface area (Å²) in [6, 6.07) is 5.80. The summed E-state index contributed by atoms with van der Waals surface area (Å²) >= 11 is 0. The largest absolute Gasteiger partial charge is 0.497 e. The topological polar surface area (TPSA) is 43.3 Å². The Balaban J connectivity index is 2.48. The van der Waals surface area contributed by atoms with E-state index in [4.69, 9.17) is 4.74 Å². The third-order valence-electron chi connectivity index (χ3n) is 3.60. The fraction of sp³-hybridized carbons (Fsp3) is 0.438. The van der Waals surface area contributed by atoms with Crippen molar-refractivity contribution < 1.29 is 9.53 Å². The van der Waals surface area contributed by atoms with E-state index in [0.717, 1.165) is 27.9 Å². The number of ether oxygens (including phenoxy) is 1. The van der Waals surface area contributed by atoms with Crippen molar-refractivity contribution in [1.82, 2.24) is 9.88 Å². The number of hydrogen-bond acceptors (Lipinski definition) is 2. The molecule has 4 nitrogen and oxygen atoms in total. The van der Waals surface area contributed by atoms with Crippen LogP contribution in [0.1, 0.15) is 29.9 Å². The summed E-state index contributed by atoms with van der Waals surface area (Å²) in [5.41, 5.74) is 2.73. The number of fused-ring (bicyclic) bond motifs is 1. The van der Waals surface area contributed by atoms with E-state index in [1.54, 1.807) is 7.11 Å². The van der Waals surface area contributed by atoms with Crippen molar-refractivity contribution in [3.63, 3.8) is 0 Å². The Morgan fingerprint density at radius 3 is 2.70 bits per heavy atom. The van der Waals surface area contributed by atoms with Crippen LogP contribution in [0.3, 0.4) is 0 Å². The lowest BCUT2D eigenvalue weighted by atomic mass is 10.1. The van der Waals surface area contributed by atoms with E-state index in [1.165, 1.54) is 0 Å². The molecule has 1 N–H and O–H groups in total. The van der Waals surface area contributed by atoms with Gasteiger partial charge in [-0.15, -0.1) is 0 Å². The third kappa shape index (κ3) is 2.50. The number of amides is 1. The zero-order valence-electron chi connectivity index (χ0n) is 12.8. The van der Waals surface area contributed by atoms with E-state index in [9.17, 15) is 4.79 Å². The summed E-state index contributed by atoms with van der Waals surface area (Å²) < 4.78 is 7.28. The first kappa shape index (κ1) is 14.4. The predicted molar refractivity (Wildman–Crippen MR) is 81.4 cm³/mol. The average Bonchev–Trinajstić information content (AvgIpc) is 2.68. The number of benzene rings is 1. The molecule has 4 heteroatoms. The highest BCUT2D eigenvalue weighted by atomic mass is 16.5. The van der Waals surface area contributed by atoms with Crippen LogP contribution in [0, 0.1) is 12.8 Å². The molecule has 0 saturated heterocycles. The smallest absolute Gasteiger partial charge is 0.253 e. The molecule has 0 radical (unpaired) electrons. The van der Waals surface area contributed by atoms with Crippen LogP contribution < -0.4 is 10.1 Å². The number of methoxy groups -OCH3 is 1. The number of hydrogen-bond donors (Lipinski definition) is 1. The van der Waals surface area contributed by atoms with E-state index < -0.39 is 0 Å². The molecule has 1 aromatic carbocycles. The summed E-state index contributed by atoms with van der Waals surface area (Å²) in [6.45, 7) is 6.82. The highest BCUT2D eigenvalue weighted by Gasteiger charge is 2.18. The molecule has 0 aliphatic heterocycles. The van der Waals surface area contributed by atoms with Gasteiger partial charge in [0.1, 0.15) is 5.75 Å². The van der Waals surface area contributed by atoms with Crippen molar-refractivity contribution in [3.8, 4) is 5.75 Å². The zero-order chi connectivity index (χ0) is 14.9. The lowest BCUT2D eigenvalue weighted by Crippen LogP contribution is -2.27. The summed E-state index contributed by atoms with van der Waals surface area (Å²) in [5, 5.41) is 3.95. The van der Waals surface area contributed by atoms with Gasteiger partial charge in [0, 0.05) is 30.7 Å². The van der Waals surface area contributed by atoms with Gasteiger partial charge in [-0.05, 0) is 25.0 Å². The number of carbonyl (C=O) groups excluding carboxylic acids is 1. The number of rotatable bonds is 4. The van der Waals surface area contributed by atoms with E-state index in [-0.39, 0.29) is 5.91 Å². The van der Waals surface area contributed by atoms with Gasteiger partial charge in [-0.1, -0.05) is 13.8 Å². The maximum atomic E-state index is 12.4. The predicted octanol–water partition coefficient (Wildman–Crippen LogP) is 2.88. The molecule has 1 heterocycles. The van der Waals surface area contributed by atoms with Gasteiger partial charge < -0.3 is 14.6 Å². The summed E-state index contributed by atoms with van der Waals surface area (Å²) in [4.78, 5) is 12.4. The molecule has 0 fully saturated rings. The number of nitrogens with zero attached hydrogens (tertiary/aromatic N) is 1. The highest BCUT2D eigenvalue weighted by Crippen LogP contribution is 2.28. The van der Waals surface area contributed by atoms with Gasteiger partial charge in [-0.25, -0.2) is 0 Å². The molecule has 0 atom stereocenters. The monoisotopic (exact) mass is 274 g/mol. The molecule has 0 bridgehead atoms. The second-order valence-corrected chi connectivity index (χ2v) is 5.51. The molecule has 1 amide bonds. The Hall–Kier alpha value is -1.97. The summed E-state index contributed by atoms with van der Waals surface area (Å²) in [5.74, 6) is 1.23. The molecule has 0 aliphatic rings. The van der Waals surface area contributed by atoms with Crippen molar-refractivity contribution in [1.29, 1.82) is 0 Å². The number of aromatic nitrogens is 1. The minimum atomic E-state index is -0.00744. The number of aryl methyl sites for hydroxylation is 1. The van der Waals surface area contributed by atoms with Gasteiger partial charge in [0.25, 0.3) is 5.91 Å². The lowest BCUT2D eigenvalue weighted by Gasteiger charge is -2.08. The van der Waals surface area contributed by atoms with Crippen molar-refractivity contribution in [3.05, 3.63) is 29.5 Å². The van der Waals surface area contributed by atoms with Crippen LogP contribution in [0.2, 0.25) is 0 Å². The van der Waals surface area contributed by atoms with Gasteiger partial charge >= 0.3 is 0 Å². The van der Waals surface area contributed by atoms with Crippen LogP contribution >= 0.6 is 0 Å². The lowest BCUT2D eigenvalue weighted by molar-refractivity contribution is 0.0950. The first-order valence-electron chi connectivity index (χ1n) is 6.87. The molecule has 0 unspecified atom stereocenters. The van der Waals surface area contributed by atoms with Gasteiger partial charge in [0.05, 0.1) is 18.2 Å². The highest BCUT2D eigenvalue weighted by molar-refractivity contribution is 6.08. The molecule has 2 aromatic rings. The molecule has 2 rings (SSSR count). The SMILES string of the molecule is COc1ccc2c(C(=O)NCC(C)C)c(C)n(C)c2c1. The van der Waals surface area contributed by atoms with Gasteiger partial charge in [-0.3, -0.25) is 4.79 Å². The Labute approximate surface area is 119 Å². The molecule has 0 aliphatic carbocycles. The van der Waals surface area contributed by atoms with Gasteiger partial charge in [0.15, 0.2) is 0 Å². The number of carbonyl (C=O) groups is 1. The fourth-order valence-electron chi connectivity index (χ4n) is 2.34. The fourth-order valence-corrected chi connectivity index (χ4v) is 2.34. The summed E-state index contributed by atoms with van der Waals surface area (Å²) in [6.07, 6.45) is 0. The van der Waals surface area contributed by atoms with Crippen molar-refractivity contribution in [2.75, 3.05) is 13.7 Å². The molecule has 108 valence electrons. The first-order valence-corrected chi connectivity index (χ1v) is 6.87. The van der Waals surface area contributed by atoms with Crippen LogP contribution in [0.25, 0.3) is 10.9 Å². The first-order chi connectivity index (χ1) is 9.45. The molecular weight excluding hydrogens is 252 g/mol. The van der Waals surface area contributed by atoms with Crippen molar-refractivity contribution >= 4 is 16.8 Å². The van der Waals surface area contributed by atoms with Crippen LogP contribution in [0.4, 0.5) is 0 Å². The number of nitrogens with one attached hydrogen (secondary N) is 1. The van der Waals surface area contributed by atoms with Crippen LogP contribution in [0.5, 0.6) is 5.75 Å².